The highest BCUT2D eigenvalue weighted by Crippen LogP contribution is 2.28. The lowest BCUT2D eigenvalue weighted by Crippen LogP contribution is -2.42. The largest absolute Gasteiger partial charge is 0.390 e. The zero-order valence-electron chi connectivity index (χ0n) is 6.08. The molecule has 1 saturated carbocycles. The van der Waals surface area contributed by atoms with Gasteiger partial charge in [0.1, 0.15) is 5.60 Å². The quantitative estimate of drug-likeness (QED) is 0.532. The van der Waals surface area contributed by atoms with Crippen LogP contribution in [0.4, 0.5) is 0 Å². The second kappa shape index (κ2) is 2.72. The van der Waals surface area contributed by atoms with Gasteiger partial charge in [-0.15, -0.1) is 6.58 Å². The first-order valence-corrected chi connectivity index (χ1v) is 3.73. The molecular formula is C8H14O2. The maximum Gasteiger partial charge on any atom is 0.108 e. The predicted octanol–water partition coefficient (Wildman–Crippen LogP) is 0.838. The van der Waals surface area contributed by atoms with Gasteiger partial charge in [-0.2, -0.15) is 0 Å². The molecule has 0 heterocycles. The van der Waals surface area contributed by atoms with Gasteiger partial charge in [0.25, 0.3) is 0 Å². The van der Waals surface area contributed by atoms with E-state index >= 15 is 0 Å². The van der Waals surface area contributed by atoms with E-state index in [2.05, 4.69) is 6.58 Å². The molecule has 2 N–H and O–H groups in total. The molecule has 1 fully saturated rings. The zero-order chi connectivity index (χ0) is 7.61. The van der Waals surface area contributed by atoms with Gasteiger partial charge in [-0.3, -0.25) is 0 Å². The molecule has 0 aliphatic heterocycles. The van der Waals surface area contributed by atoms with Crippen LogP contribution in [0.2, 0.25) is 0 Å². The van der Waals surface area contributed by atoms with Crippen molar-refractivity contribution in [1.82, 2.24) is 0 Å². The molecule has 0 spiro atoms. The smallest absolute Gasteiger partial charge is 0.108 e. The maximum atomic E-state index is 9.58. The maximum absolute atomic E-state index is 9.58. The molecule has 58 valence electrons. The van der Waals surface area contributed by atoms with Crippen LogP contribution in [0.1, 0.15) is 25.7 Å². The molecule has 0 aromatic rings. The first kappa shape index (κ1) is 7.76. The molecule has 2 nitrogen and oxygen atoms in total. The van der Waals surface area contributed by atoms with E-state index in [1.54, 1.807) is 0 Å². The van der Waals surface area contributed by atoms with Crippen LogP contribution in [0.15, 0.2) is 12.7 Å². The summed E-state index contributed by atoms with van der Waals surface area (Å²) in [6.45, 7) is 3.50. The van der Waals surface area contributed by atoms with Gasteiger partial charge >= 0.3 is 0 Å². The monoisotopic (exact) mass is 142 g/mol. The van der Waals surface area contributed by atoms with Crippen LogP contribution >= 0.6 is 0 Å². The highest BCUT2D eigenvalue weighted by molar-refractivity contribution is 5.02. The molecule has 0 unspecified atom stereocenters. The van der Waals surface area contributed by atoms with Crippen molar-refractivity contribution in [2.75, 3.05) is 0 Å². The topological polar surface area (TPSA) is 40.5 Å². The minimum Gasteiger partial charge on any atom is -0.390 e. The van der Waals surface area contributed by atoms with E-state index in [1.807, 2.05) is 0 Å². The van der Waals surface area contributed by atoms with Crippen molar-refractivity contribution in [2.24, 2.45) is 0 Å². The molecule has 0 amide bonds. The Balaban J connectivity index is 2.62. The molecule has 2 atom stereocenters. The lowest BCUT2D eigenvalue weighted by Gasteiger charge is -2.33. The Labute approximate surface area is 61.2 Å². The van der Waals surface area contributed by atoms with Crippen molar-refractivity contribution >= 4 is 0 Å². The SMILES string of the molecule is C=C[C@]1(O)CCCC[C@@H]1O. The van der Waals surface area contributed by atoms with E-state index in [0.717, 1.165) is 12.8 Å². The molecule has 1 aliphatic rings. The molecule has 1 aliphatic carbocycles. The number of hydrogen-bond donors (Lipinski definition) is 2. The number of hydrogen-bond acceptors (Lipinski definition) is 2. The van der Waals surface area contributed by atoms with E-state index < -0.39 is 11.7 Å². The van der Waals surface area contributed by atoms with Crippen LogP contribution in [0.5, 0.6) is 0 Å². The van der Waals surface area contributed by atoms with Crippen molar-refractivity contribution in [3.05, 3.63) is 12.7 Å². The van der Waals surface area contributed by atoms with Crippen LogP contribution in [0, 0.1) is 0 Å². The first-order chi connectivity index (χ1) is 4.69. The average molecular weight is 142 g/mol. The number of aliphatic hydroxyl groups excluding tert-OH is 1. The summed E-state index contributed by atoms with van der Waals surface area (Å²) in [5, 5.41) is 18.9. The Kier molecular flexibility index (Phi) is 2.11. The summed E-state index contributed by atoms with van der Waals surface area (Å²) in [5.41, 5.74) is -1.00. The second-order valence-electron chi connectivity index (χ2n) is 2.96. The summed E-state index contributed by atoms with van der Waals surface area (Å²) in [4.78, 5) is 0. The fraction of sp³-hybridized carbons (Fsp3) is 0.750. The average Bonchev–Trinajstić information content (AvgIpc) is 1.96. The molecule has 0 aromatic carbocycles. The lowest BCUT2D eigenvalue weighted by atomic mass is 9.82. The van der Waals surface area contributed by atoms with Crippen LogP contribution < -0.4 is 0 Å². The van der Waals surface area contributed by atoms with Gasteiger partial charge < -0.3 is 10.2 Å². The molecular weight excluding hydrogens is 128 g/mol. The van der Waals surface area contributed by atoms with E-state index in [1.165, 1.54) is 6.08 Å². The molecule has 2 heteroatoms. The van der Waals surface area contributed by atoms with E-state index in [4.69, 9.17) is 0 Å². The summed E-state index contributed by atoms with van der Waals surface area (Å²) in [5.74, 6) is 0. The van der Waals surface area contributed by atoms with Crippen LogP contribution in [0.3, 0.4) is 0 Å². The summed E-state index contributed by atoms with van der Waals surface area (Å²) in [7, 11) is 0. The Morgan fingerprint density at radius 1 is 1.50 bits per heavy atom. The highest BCUT2D eigenvalue weighted by Gasteiger charge is 2.34. The first-order valence-electron chi connectivity index (χ1n) is 3.73. The minimum absolute atomic E-state index is 0.598. The molecule has 1 rings (SSSR count). The molecule has 0 bridgehead atoms. The fourth-order valence-electron chi connectivity index (χ4n) is 1.40. The Morgan fingerprint density at radius 3 is 2.60 bits per heavy atom. The Hall–Kier alpha value is -0.340. The van der Waals surface area contributed by atoms with Crippen molar-refractivity contribution in [3.8, 4) is 0 Å². The minimum atomic E-state index is -1.00. The summed E-state index contributed by atoms with van der Waals surface area (Å²) in [6.07, 6.45) is 4.20. The summed E-state index contributed by atoms with van der Waals surface area (Å²) in [6, 6.07) is 0. The van der Waals surface area contributed by atoms with Crippen molar-refractivity contribution in [2.45, 2.75) is 37.4 Å². The van der Waals surface area contributed by atoms with E-state index in [-0.39, 0.29) is 0 Å². The van der Waals surface area contributed by atoms with Crippen molar-refractivity contribution < 1.29 is 10.2 Å². The third-order valence-corrected chi connectivity index (χ3v) is 2.24. The predicted molar refractivity (Wildman–Crippen MR) is 39.6 cm³/mol. The Bertz CT molecular complexity index is 133. The zero-order valence-corrected chi connectivity index (χ0v) is 6.08. The molecule has 0 saturated heterocycles. The standard InChI is InChI=1S/C8H14O2/c1-2-8(10)6-4-3-5-7(8)9/h2,7,9-10H,1,3-6H2/t7-,8-/m0/s1. The van der Waals surface area contributed by atoms with Gasteiger partial charge in [0.05, 0.1) is 6.10 Å². The van der Waals surface area contributed by atoms with Gasteiger partial charge in [0.15, 0.2) is 0 Å². The third-order valence-electron chi connectivity index (χ3n) is 2.24. The normalized spacial score (nSPS) is 41.2. The fourth-order valence-corrected chi connectivity index (χ4v) is 1.40. The highest BCUT2D eigenvalue weighted by atomic mass is 16.3. The van der Waals surface area contributed by atoms with Crippen LogP contribution in [-0.2, 0) is 0 Å². The summed E-state index contributed by atoms with van der Waals surface area (Å²) < 4.78 is 0. The van der Waals surface area contributed by atoms with Crippen LogP contribution in [-0.4, -0.2) is 21.9 Å². The lowest BCUT2D eigenvalue weighted by molar-refractivity contribution is -0.0651. The van der Waals surface area contributed by atoms with Gasteiger partial charge in [0, 0.05) is 0 Å². The van der Waals surface area contributed by atoms with Crippen LogP contribution in [0.25, 0.3) is 0 Å². The van der Waals surface area contributed by atoms with E-state index in [0.29, 0.717) is 12.8 Å². The second-order valence-corrected chi connectivity index (χ2v) is 2.96. The Morgan fingerprint density at radius 2 is 2.20 bits per heavy atom. The summed E-state index contributed by atoms with van der Waals surface area (Å²) >= 11 is 0. The van der Waals surface area contributed by atoms with Gasteiger partial charge in [-0.05, 0) is 12.8 Å². The van der Waals surface area contributed by atoms with Crippen molar-refractivity contribution in [1.29, 1.82) is 0 Å². The van der Waals surface area contributed by atoms with Crippen molar-refractivity contribution in [3.63, 3.8) is 0 Å². The number of rotatable bonds is 1. The van der Waals surface area contributed by atoms with Gasteiger partial charge in [0.2, 0.25) is 0 Å². The van der Waals surface area contributed by atoms with Gasteiger partial charge in [-0.25, -0.2) is 0 Å². The number of aliphatic hydroxyl groups is 2. The van der Waals surface area contributed by atoms with E-state index in [9.17, 15) is 10.2 Å². The molecule has 10 heavy (non-hydrogen) atoms. The molecule has 0 aromatic heterocycles. The molecule has 0 radical (unpaired) electrons. The van der Waals surface area contributed by atoms with Gasteiger partial charge in [-0.1, -0.05) is 18.9 Å². The third kappa shape index (κ3) is 1.22.